The molecule has 1 aromatic carbocycles. The van der Waals surface area contributed by atoms with Gasteiger partial charge in [-0.2, -0.15) is 0 Å². The zero-order chi connectivity index (χ0) is 13.9. The van der Waals surface area contributed by atoms with Crippen LogP contribution < -0.4 is 10.1 Å². The van der Waals surface area contributed by atoms with Gasteiger partial charge >= 0.3 is 0 Å². The van der Waals surface area contributed by atoms with Crippen molar-refractivity contribution in [2.75, 3.05) is 26.8 Å². The van der Waals surface area contributed by atoms with E-state index in [4.69, 9.17) is 4.74 Å². The number of benzene rings is 1. The van der Waals surface area contributed by atoms with Crippen LogP contribution in [0.4, 0.5) is 0 Å². The van der Waals surface area contributed by atoms with Crippen LogP contribution in [0.3, 0.4) is 0 Å². The summed E-state index contributed by atoms with van der Waals surface area (Å²) in [5, 5.41) is 13.3. The van der Waals surface area contributed by atoms with Gasteiger partial charge in [-0.25, -0.2) is 0 Å². The number of methoxy groups -OCH3 is 1. The molecule has 0 saturated carbocycles. The first kappa shape index (κ1) is 14.4. The predicted molar refractivity (Wildman–Crippen MR) is 78.0 cm³/mol. The maximum Gasteiger partial charge on any atom is 0.122 e. The molecule has 1 saturated heterocycles. The predicted octanol–water partition coefficient (Wildman–Crippen LogP) is 2.43. The Morgan fingerprint density at radius 2 is 2.21 bits per heavy atom. The van der Waals surface area contributed by atoms with Crippen LogP contribution in [-0.2, 0) is 5.41 Å². The topological polar surface area (TPSA) is 41.5 Å². The van der Waals surface area contributed by atoms with Crippen molar-refractivity contribution in [3.8, 4) is 5.75 Å². The zero-order valence-electron chi connectivity index (χ0n) is 12.2. The molecule has 1 aromatic rings. The van der Waals surface area contributed by atoms with Crippen molar-refractivity contribution in [2.24, 2.45) is 0 Å². The highest BCUT2D eigenvalue weighted by Crippen LogP contribution is 2.35. The monoisotopic (exact) mass is 263 g/mol. The van der Waals surface area contributed by atoms with E-state index in [1.165, 1.54) is 11.1 Å². The summed E-state index contributed by atoms with van der Waals surface area (Å²) in [6.07, 6.45) is 2.16. The molecule has 0 bridgehead atoms. The van der Waals surface area contributed by atoms with Gasteiger partial charge in [0.2, 0.25) is 0 Å². The summed E-state index contributed by atoms with van der Waals surface area (Å²) in [7, 11) is 1.71. The molecule has 0 aromatic heterocycles. The van der Waals surface area contributed by atoms with Crippen molar-refractivity contribution in [3.05, 3.63) is 29.3 Å². The summed E-state index contributed by atoms with van der Waals surface area (Å²) >= 11 is 0. The van der Waals surface area contributed by atoms with Crippen LogP contribution >= 0.6 is 0 Å². The first-order valence-electron chi connectivity index (χ1n) is 7.13. The molecule has 1 heterocycles. The van der Waals surface area contributed by atoms with E-state index in [0.29, 0.717) is 5.92 Å². The quantitative estimate of drug-likeness (QED) is 0.876. The third kappa shape index (κ3) is 2.77. The summed E-state index contributed by atoms with van der Waals surface area (Å²) in [6.45, 7) is 6.45. The van der Waals surface area contributed by atoms with Gasteiger partial charge in [-0.3, -0.25) is 0 Å². The minimum Gasteiger partial charge on any atom is -0.496 e. The lowest BCUT2D eigenvalue weighted by atomic mass is 9.74. The maximum atomic E-state index is 9.88. The van der Waals surface area contributed by atoms with Gasteiger partial charge in [-0.15, -0.1) is 0 Å². The van der Waals surface area contributed by atoms with Crippen molar-refractivity contribution in [3.63, 3.8) is 0 Å². The lowest BCUT2D eigenvalue weighted by Crippen LogP contribution is -2.46. The zero-order valence-corrected chi connectivity index (χ0v) is 12.2. The number of hydrogen-bond donors (Lipinski definition) is 2. The van der Waals surface area contributed by atoms with E-state index in [0.717, 1.165) is 31.7 Å². The van der Waals surface area contributed by atoms with Crippen LogP contribution in [-0.4, -0.2) is 31.9 Å². The molecule has 1 aliphatic heterocycles. The van der Waals surface area contributed by atoms with Crippen LogP contribution in [0, 0.1) is 0 Å². The number of nitrogens with one attached hydrogen (secondary N) is 1. The van der Waals surface area contributed by atoms with E-state index in [2.05, 4.69) is 31.3 Å². The lowest BCUT2D eigenvalue weighted by Gasteiger charge is -2.37. The Bertz CT molecular complexity index is 423. The van der Waals surface area contributed by atoms with Gasteiger partial charge in [0, 0.05) is 12.0 Å². The fourth-order valence-electron chi connectivity index (χ4n) is 2.96. The molecule has 0 spiro atoms. The normalized spacial score (nSPS) is 23.6. The van der Waals surface area contributed by atoms with Crippen molar-refractivity contribution in [1.82, 2.24) is 5.32 Å². The molecular formula is C16H25NO2. The van der Waals surface area contributed by atoms with E-state index < -0.39 is 0 Å². The minimum absolute atomic E-state index is 0.131. The summed E-state index contributed by atoms with van der Waals surface area (Å²) in [5.74, 6) is 1.36. The van der Waals surface area contributed by atoms with Crippen molar-refractivity contribution in [1.29, 1.82) is 0 Å². The highest BCUT2D eigenvalue weighted by Gasteiger charge is 2.33. The van der Waals surface area contributed by atoms with E-state index in [-0.39, 0.29) is 12.0 Å². The molecule has 0 amide bonds. The molecule has 0 radical (unpaired) electrons. The SMILES string of the molecule is COc1ccc(C2(CO)CCCNC2)cc1C(C)C. The largest absolute Gasteiger partial charge is 0.496 e. The average Bonchev–Trinajstić information content (AvgIpc) is 2.47. The van der Waals surface area contributed by atoms with Gasteiger partial charge in [0.25, 0.3) is 0 Å². The lowest BCUT2D eigenvalue weighted by molar-refractivity contribution is 0.162. The molecule has 1 atom stereocenters. The second kappa shape index (κ2) is 5.93. The van der Waals surface area contributed by atoms with Crippen molar-refractivity contribution in [2.45, 2.75) is 38.0 Å². The molecule has 106 valence electrons. The van der Waals surface area contributed by atoms with E-state index in [1.807, 2.05) is 6.07 Å². The molecular weight excluding hydrogens is 238 g/mol. The molecule has 3 heteroatoms. The van der Waals surface area contributed by atoms with E-state index >= 15 is 0 Å². The first-order valence-corrected chi connectivity index (χ1v) is 7.13. The minimum atomic E-state index is -0.131. The summed E-state index contributed by atoms with van der Waals surface area (Å²) in [6, 6.07) is 6.36. The molecule has 19 heavy (non-hydrogen) atoms. The second-order valence-electron chi connectivity index (χ2n) is 5.83. The fraction of sp³-hybridized carbons (Fsp3) is 0.625. The van der Waals surface area contributed by atoms with Crippen molar-refractivity contribution >= 4 is 0 Å². The molecule has 0 aliphatic carbocycles. The number of rotatable bonds is 4. The summed E-state index contributed by atoms with van der Waals surface area (Å²) < 4.78 is 5.44. The van der Waals surface area contributed by atoms with Crippen LogP contribution in [0.1, 0.15) is 43.7 Å². The standard InChI is InChI=1S/C16H25NO2/c1-12(2)14-9-13(5-6-15(14)19-3)16(11-18)7-4-8-17-10-16/h5-6,9,12,17-18H,4,7-8,10-11H2,1-3H3. The number of aliphatic hydroxyl groups is 1. The third-order valence-electron chi connectivity index (χ3n) is 4.24. The van der Waals surface area contributed by atoms with Crippen LogP contribution in [0.5, 0.6) is 5.75 Å². The van der Waals surface area contributed by atoms with E-state index in [1.54, 1.807) is 7.11 Å². The Morgan fingerprint density at radius 1 is 1.42 bits per heavy atom. The Balaban J connectivity index is 2.40. The highest BCUT2D eigenvalue weighted by atomic mass is 16.5. The number of piperidine rings is 1. The second-order valence-corrected chi connectivity index (χ2v) is 5.83. The van der Waals surface area contributed by atoms with Gasteiger partial charge in [0.15, 0.2) is 0 Å². The molecule has 3 nitrogen and oxygen atoms in total. The van der Waals surface area contributed by atoms with Gasteiger partial charge in [-0.1, -0.05) is 26.0 Å². The van der Waals surface area contributed by atoms with Crippen molar-refractivity contribution < 1.29 is 9.84 Å². The Hall–Kier alpha value is -1.06. The van der Waals surface area contributed by atoms with Crippen LogP contribution in [0.15, 0.2) is 18.2 Å². The van der Waals surface area contributed by atoms with Gasteiger partial charge in [0.1, 0.15) is 5.75 Å². The fourth-order valence-corrected chi connectivity index (χ4v) is 2.96. The van der Waals surface area contributed by atoms with Crippen LogP contribution in [0.25, 0.3) is 0 Å². The van der Waals surface area contributed by atoms with Gasteiger partial charge < -0.3 is 15.2 Å². The smallest absolute Gasteiger partial charge is 0.122 e. The summed E-state index contributed by atoms with van der Waals surface area (Å²) in [4.78, 5) is 0. The van der Waals surface area contributed by atoms with E-state index in [9.17, 15) is 5.11 Å². The van der Waals surface area contributed by atoms with Gasteiger partial charge in [0.05, 0.1) is 13.7 Å². The third-order valence-corrected chi connectivity index (χ3v) is 4.24. The molecule has 1 unspecified atom stereocenters. The summed E-state index contributed by atoms with van der Waals surface area (Å²) in [5.41, 5.74) is 2.32. The Morgan fingerprint density at radius 3 is 2.74 bits per heavy atom. The number of aliphatic hydroxyl groups excluding tert-OH is 1. The Kier molecular flexibility index (Phi) is 4.48. The molecule has 2 N–H and O–H groups in total. The van der Waals surface area contributed by atoms with Crippen LogP contribution in [0.2, 0.25) is 0 Å². The molecule has 1 aliphatic rings. The Labute approximate surface area is 116 Å². The molecule has 2 rings (SSSR count). The first-order chi connectivity index (χ1) is 9.13. The average molecular weight is 263 g/mol. The number of ether oxygens (including phenoxy) is 1. The van der Waals surface area contributed by atoms with Gasteiger partial charge in [-0.05, 0) is 42.5 Å². The number of hydrogen-bond acceptors (Lipinski definition) is 3. The molecule has 1 fully saturated rings. The maximum absolute atomic E-state index is 9.88. The highest BCUT2D eigenvalue weighted by molar-refractivity contribution is 5.42.